The first-order valence-electron chi connectivity index (χ1n) is 10.3. The van der Waals surface area contributed by atoms with E-state index in [-0.39, 0.29) is 5.41 Å². The average Bonchev–Trinajstić information content (AvgIpc) is 2.81. The summed E-state index contributed by atoms with van der Waals surface area (Å²) in [5, 5.41) is 26.6. The van der Waals surface area contributed by atoms with Gasteiger partial charge in [-0.05, 0) is 53.1 Å². The molecule has 0 saturated carbocycles. The molecule has 0 spiro atoms. The maximum Gasteiger partial charge on any atom is 0.115 e. The predicted molar refractivity (Wildman–Crippen MR) is 133 cm³/mol. The molecule has 0 atom stereocenters. The molecule has 0 fully saturated rings. The third-order valence-electron chi connectivity index (χ3n) is 4.97. The Hall–Kier alpha value is -3.98. The minimum Gasteiger partial charge on any atom is -0.508 e. The molecule has 0 radical (unpaired) electrons. The Balaban J connectivity index is 0.000000211. The van der Waals surface area contributed by atoms with Gasteiger partial charge < -0.3 is 15.3 Å². The van der Waals surface area contributed by atoms with Crippen LogP contribution in [0.25, 0.3) is 6.08 Å². The molecule has 0 amide bonds. The number of rotatable bonds is 3. The highest BCUT2D eigenvalue weighted by atomic mass is 16.3. The number of hydrogen-bond acceptors (Lipinski definition) is 3. The number of phenols is 3. The van der Waals surface area contributed by atoms with Gasteiger partial charge in [-0.15, -0.1) is 0 Å². The molecule has 0 bridgehead atoms. The first-order chi connectivity index (χ1) is 15.3. The molecule has 4 rings (SSSR count). The molecule has 4 aromatic rings. The van der Waals surface area contributed by atoms with E-state index >= 15 is 0 Å². The van der Waals surface area contributed by atoms with E-state index in [4.69, 9.17) is 10.2 Å². The van der Waals surface area contributed by atoms with Crippen LogP contribution < -0.4 is 0 Å². The Morgan fingerprint density at radius 2 is 0.875 bits per heavy atom. The third-order valence-corrected chi connectivity index (χ3v) is 4.97. The van der Waals surface area contributed by atoms with Gasteiger partial charge in [-0.2, -0.15) is 0 Å². The number of hydrogen-bond donors (Lipinski definition) is 3. The van der Waals surface area contributed by atoms with E-state index in [9.17, 15) is 5.11 Å². The second kappa shape index (κ2) is 12.0. The smallest absolute Gasteiger partial charge is 0.115 e. The molecule has 0 aromatic heterocycles. The van der Waals surface area contributed by atoms with Crippen molar-refractivity contribution >= 4 is 6.08 Å². The van der Waals surface area contributed by atoms with Gasteiger partial charge in [0, 0.05) is 5.41 Å². The van der Waals surface area contributed by atoms with E-state index in [2.05, 4.69) is 44.7 Å². The van der Waals surface area contributed by atoms with Crippen LogP contribution in [-0.4, -0.2) is 15.3 Å². The summed E-state index contributed by atoms with van der Waals surface area (Å²) in [5.41, 5.74) is 3.48. The van der Waals surface area contributed by atoms with Crippen molar-refractivity contribution < 1.29 is 15.3 Å². The van der Waals surface area contributed by atoms with Gasteiger partial charge in [0.2, 0.25) is 0 Å². The third kappa shape index (κ3) is 7.69. The minimum atomic E-state index is -0.0760. The fraction of sp³-hybridized carbons (Fsp3) is 0.103. The van der Waals surface area contributed by atoms with Crippen LogP contribution in [0.5, 0.6) is 17.2 Å². The van der Waals surface area contributed by atoms with Gasteiger partial charge in [0.05, 0.1) is 0 Å². The molecule has 4 aromatic carbocycles. The van der Waals surface area contributed by atoms with Crippen molar-refractivity contribution in [3.8, 4) is 17.2 Å². The van der Waals surface area contributed by atoms with Gasteiger partial charge in [0.25, 0.3) is 0 Å². The molecule has 0 aliphatic carbocycles. The predicted octanol–water partition coefficient (Wildman–Crippen LogP) is 7.15. The quantitative estimate of drug-likeness (QED) is 0.326. The van der Waals surface area contributed by atoms with Gasteiger partial charge >= 0.3 is 0 Å². The molecule has 164 valence electrons. The molecule has 0 heterocycles. The summed E-state index contributed by atoms with van der Waals surface area (Å²) in [6.45, 7) is 8.13. The van der Waals surface area contributed by atoms with Crippen LogP contribution in [-0.2, 0) is 5.41 Å². The molecule has 0 aliphatic heterocycles. The van der Waals surface area contributed by atoms with E-state index in [1.807, 2.05) is 30.3 Å². The summed E-state index contributed by atoms with van der Waals surface area (Å²) in [7, 11) is 0. The Morgan fingerprint density at radius 1 is 0.531 bits per heavy atom. The lowest BCUT2D eigenvalue weighted by molar-refractivity contribution is 0.474. The molecule has 0 saturated heterocycles. The fourth-order valence-corrected chi connectivity index (χ4v) is 2.94. The SMILES string of the molecule is C=Cc1ccc(C(C)(C)c2ccc(O)cc2)cc1.Oc1ccccc1.Oc1ccccc1. The highest BCUT2D eigenvalue weighted by Crippen LogP contribution is 2.32. The van der Waals surface area contributed by atoms with Gasteiger partial charge in [-0.3, -0.25) is 0 Å². The van der Waals surface area contributed by atoms with Crippen molar-refractivity contribution in [2.45, 2.75) is 19.3 Å². The standard InChI is InChI=1S/C17H18O.2C6H6O/c1-4-13-5-7-14(8-6-13)17(2,3)15-9-11-16(18)12-10-15;2*7-6-4-2-1-3-5-6/h4-12,18H,1H2,2-3H3;2*1-5,7H. The summed E-state index contributed by atoms with van der Waals surface area (Å²) in [6.07, 6.45) is 1.84. The van der Waals surface area contributed by atoms with Crippen molar-refractivity contribution in [2.24, 2.45) is 0 Å². The van der Waals surface area contributed by atoms with E-state index in [0.29, 0.717) is 17.2 Å². The Bertz CT molecular complexity index is 1020. The minimum absolute atomic E-state index is 0.0760. The van der Waals surface area contributed by atoms with Gasteiger partial charge in [0.15, 0.2) is 0 Å². The topological polar surface area (TPSA) is 60.7 Å². The van der Waals surface area contributed by atoms with Crippen LogP contribution in [0.3, 0.4) is 0 Å². The van der Waals surface area contributed by atoms with Crippen LogP contribution in [0, 0.1) is 0 Å². The van der Waals surface area contributed by atoms with E-state index < -0.39 is 0 Å². The number of para-hydroxylation sites is 2. The van der Waals surface area contributed by atoms with E-state index in [1.165, 1.54) is 11.1 Å². The zero-order valence-corrected chi connectivity index (χ0v) is 18.5. The summed E-state index contributed by atoms with van der Waals surface area (Å²) in [6, 6.07) is 33.2. The lowest BCUT2D eigenvalue weighted by Gasteiger charge is -2.26. The molecular weight excluding hydrogens is 396 g/mol. The molecule has 3 heteroatoms. The number of phenolic OH excluding ortho intramolecular Hbond substituents is 3. The number of aromatic hydroxyl groups is 3. The first-order valence-corrected chi connectivity index (χ1v) is 10.3. The fourth-order valence-electron chi connectivity index (χ4n) is 2.94. The van der Waals surface area contributed by atoms with E-state index in [0.717, 1.165) is 5.56 Å². The second-order valence-electron chi connectivity index (χ2n) is 7.67. The highest BCUT2D eigenvalue weighted by molar-refractivity contribution is 5.49. The van der Waals surface area contributed by atoms with Crippen LogP contribution in [0.1, 0.15) is 30.5 Å². The summed E-state index contributed by atoms with van der Waals surface area (Å²) in [4.78, 5) is 0. The van der Waals surface area contributed by atoms with Gasteiger partial charge in [-0.1, -0.05) is 99.3 Å². The van der Waals surface area contributed by atoms with E-state index in [1.54, 1.807) is 60.7 Å². The molecule has 3 nitrogen and oxygen atoms in total. The summed E-state index contributed by atoms with van der Waals surface area (Å²) < 4.78 is 0. The Morgan fingerprint density at radius 3 is 1.19 bits per heavy atom. The average molecular weight is 427 g/mol. The largest absolute Gasteiger partial charge is 0.508 e. The van der Waals surface area contributed by atoms with Gasteiger partial charge in [-0.25, -0.2) is 0 Å². The number of benzene rings is 4. The highest BCUT2D eigenvalue weighted by Gasteiger charge is 2.22. The monoisotopic (exact) mass is 426 g/mol. The lowest BCUT2D eigenvalue weighted by atomic mass is 9.78. The summed E-state index contributed by atoms with van der Waals surface area (Å²) >= 11 is 0. The van der Waals surface area contributed by atoms with Crippen LogP contribution in [0.2, 0.25) is 0 Å². The normalized spacial score (nSPS) is 10.1. The van der Waals surface area contributed by atoms with Crippen LogP contribution in [0.4, 0.5) is 0 Å². The van der Waals surface area contributed by atoms with Crippen molar-refractivity contribution in [3.63, 3.8) is 0 Å². The second-order valence-corrected chi connectivity index (χ2v) is 7.67. The molecule has 0 aliphatic rings. The Kier molecular flexibility index (Phi) is 9.12. The maximum atomic E-state index is 9.35. The van der Waals surface area contributed by atoms with Crippen molar-refractivity contribution in [1.82, 2.24) is 0 Å². The summed E-state index contributed by atoms with van der Waals surface area (Å²) in [5.74, 6) is 0.946. The van der Waals surface area contributed by atoms with Crippen molar-refractivity contribution in [1.29, 1.82) is 0 Å². The first kappa shape index (κ1) is 24.3. The van der Waals surface area contributed by atoms with Crippen molar-refractivity contribution in [3.05, 3.63) is 132 Å². The molecular formula is C29H30O3. The zero-order chi connectivity index (χ0) is 23.4. The Labute approximate surface area is 190 Å². The van der Waals surface area contributed by atoms with Gasteiger partial charge in [0.1, 0.15) is 17.2 Å². The zero-order valence-electron chi connectivity index (χ0n) is 18.5. The lowest BCUT2D eigenvalue weighted by Crippen LogP contribution is -2.18. The van der Waals surface area contributed by atoms with Crippen LogP contribution >= 0.6 is 0 Å². The molecule has 32 heavy (non-hydrogen) atoms. The van der Waals surface area contributed by atoms with Crippen molar-refractivity contribution in [2.75, 3.05) is 0 Å². The van der Waals surface area contributed by atoms with Crippen LogP contribution in [0.15, 0.2) is 116 Å². The molecule has 3 N–H and O–H groups in total. The molecule has 0 unspecified atom stereocenters. The maximum absolute atomic E-state index is 9.35.